The standard InChI is InChI=1S/C24H15ClFN3O3.ClH/c1-31-21-10-17-20(11-22(21)32-24(30)14-5-3-2-4-6-14)28-13-15(12-27)23(17)29-19-8-7-16(25)9-18(19)26;/h2-11,13H,1H3,(H,28,29);1H. The molecule has 0 bridgehead atoms. The Balaban J connectivity index is 0.00000306. The van der Waals surface area contributed by atoms with Crippen LogP contribution in [0.2, 0.25) is 5.02 Å². The second-order valence-electron chi connectivity index (χ2n) is 6.68. The summed E-state index contributed by atoms with van der Waals surface area (Å²) in [6, 6.07) is 17.8. The molecule has 0 radical (unpaired) electrons. The first-order valence-electron chi connectivity index (χ1n) is 9.40. The molecule has 4 rings (SSSR count). The van der Waals surface area contributed by atoms with Gasteiger partial charge in [0.15, 0.2) is 11.5 Å². The largest absolute Gasteiger partial charge is 0.493 e. The highest BCUT2D eigenvalue weighted by Crippen LogP contribution is 2.38. The van der Waals surface area contributed by atoms with Gasteiger partial charge < -0.3 is 14.8 Å². The number of aromatic nitrogens is 1. The van der Waals surface area contributed by atoms with Crippen LogP contribution in [0.25, 0.3) is 10.9 Å². The highest BCUT2D eigenvalue weighted by molar-refractivity contribution is 6.30. The number of carbonyl (C=O) groups is 1. The van der Waals surface area contributed by atoms with Gasteiger partial charge >= 0.3 is 5.97 Å². The van der Waals surface area contributed by atoms with Gasteiger partial charge in [0.2, 0.25) is 0 Å². The molecule has 4 aromatic rings. The fourth-order valence-electron chi connectivity index (χ4n) is 3.12. The number of halogens is 3. The van der Waals surface area contributed by atoms with E-state index in [0.29, 0.717) is 22.2 Å². The molecule has 0 amide bonds. The zero-order chi connectivity index (χ0) is 22.7. The number of hydrogen-bond donors (Lipinski definition) is 1. The van der Waals surface area contributed by atoms with E-state index in [1.807, 2.05) is 6.07 Å². The molecule has 1 heterocycles. The Bertz CT molecular complexity index is 1380. The fraction of sp³-hybridized carbons (Fsp3) is 0.0417. The summed E-state index contributed by atoms with van der Waals surface area (Å²) >= 11 is 5.83. The minimum absolute atomic E-state index is 0. The van der Waals surface area contributed by atoms with Crippen molar-refractivity contribution in [3.63, 3.8) is 0 Å². The Hall–Kier alpha value is -3.86. The van der Waals surface area contributed by atoms with E-state index in [9.17, 15) is 14.4 Å². The van der Waals surface area contributed by atoms with Crippen LogP contribution in [0, 0.1) is 17.1 Å². The molecule has 0 spiro atoms. The Morgan fingerprint density at radius 1 is 1.12 bits per heavy atom. The van der Waals surface area contributed by atoms with Crippen LogP contribution < -0.4 is 14.8 Å². The van der Waals surface area contributed by atoms with Gasteiger partial charge in [-0.1, -0.05) is 29.8 Å². The number of rotatable bonds is 5. The first-order valence-corrected chi connectivity index (χ1v) is 9.78. The van der Waals surface area contributed by atoms with Gasteiger partial charge in [-0.3, -0.25) is 4.98 Å². The van der Waals surface area contributed by atoms with Crippen LogP contribution >= 0.6 is 24.0 Å². The average Bonchev–Trinajstić information content (AvgIpc) is 2.81. The Morgan fingerprint density at radius 3 is 2.55 bits per heavy atom. The normalized spacial score (nSPS) is 10.1. The van der Waals surface area contributed by atoms with Gasteiger partial charge in [0.05, 0.1) is 35.1 Å². The van der Waals surface area contributed by atoms with Gasteiger partial charge in [-0.05, 0) is 36.4 Å². The Kier molecular flexibility index (Phi) is 7.34. The second kappa shape index (κ2) is 10.2. The Morgan fingerprint density at radius 2 is 1.88 bits per heavy atom. The fourth-order valence-corrected chi connectivity index (χ4v) is 3.28. The lowest BCUT2D eigenvalue weighted by molar-refractivity contribution is 0.0730. The lowest BCUT2D eigenvalue weighted by Gasteiger charge is -2.15. The van der Waals surface area contributed by atoms with E-state index < -0.39 is 11.8 Å². The number of nitriles is 1. The van der Waals surface area contributed by atoms with Gasteiger partial charge in [-0.2, -0.15) is 5.26 Å². The lowest BCUT2D eigenvalue weighted by Crippen LogP contribution is -2.09. The lowest BCUT2D eigenvalue weighted by atomic mass is 10.1. The van der Waals surface area contributed by atoms with Crippen LogP contribution in [0.4, 0.5) is 15.8 Å². The summed E-state index contributed by atoms with van der Waals surface area (Å²) in [7, 11) is 1.43. The first-order chi connectivity index (χ1) is 15.5. The summed E-state index contributed by atoms with van der Waals surface area (Å²) in [4.78, 5) is 16.8. The summed E-state index contributed by atoms with van der Waals surface area (Å²) in [5.41, 5.74) is 1.46. The van der Waals surface area contributed by atoms with Crippen molar-refractivity contribution >= 4 is 52.3 Å². The van der Waals surface area contributed by atoms with Crippen LogP contribution in [-0.4, -0.2) is 18.1 Å². The quantitative estimate of drug-likeness (QED) is 0.265. The number of pyridine rings is 1. The maximum atomic E-state index is 14.4. The monoisotopic (exact) mass is 483 g/mol. The SMILES string of the molecule is COc1cc2c(Nc3ccc(Cl)cc3F)c(C#N)cnc2cc1OC(=O)c1ccccc1.Cl. The molecule has 1 aromatic heterocycles. The Labute approximate surface area is 199 Å². The minimum Gasteiger partial charge on any atom is -0.493 e. The van der Waals surface area contributed by atoms with Gasteiger partial charge in [-0.15, -0.1) is 12.4 Å². The van der Waals surface area contributed by atoms with Crippen LogP contribution in [0.5, 0.6) is 11.5 Å². The zero-order valence-electron chi connectivity index (χ0n) is 17.1. The van der Waals surface area contributed by atoms with E-state index in [0.717, 1.165) is 0 Å². The number of nitrogens with one attached hydrogen (secondary N) is 1. The third-order valence-electron chi connectivity index (χ3n) is 4.68. The molecule has 0 saturated carbocycles. The van der Waals surface area contributed by atoms with Gasteiger partial charge in [0, 0.05) is 22.7 Å². The molecule has 0 fully saturated rings. The molecule has 0 unspecified atom stereocenters. The number of nitrogens with zero attached hydrogens (tertiary/aromatic N) is 2. The molecular weight excluding hydrogens is 468 g/mol. The molecule has 0 saturated heterocycles. The summed E-state index contributed by atoms with van der Waals surface area (Å²) in [5, 5.41) is 13.2. The van der Waals surface area contributed by atoms with E-state index in [-0.39, 0.29) is 40.2 Å². The van der Waals surface area contributed by atoms with Crippen LogP contribution in [0.15, 0.2) is 66.9 Å². The van der Waals surface area contributed by atoms with Crippen LogP contribution in [0.3, 0.4) is 0 Å². The van der Waals surface area contributed by atoms with Crippen molar-refractivity contribution in [1.82, 2.24) is 4.98 Å². The van der Waals surface area contributed by atoms with E-state index in [4.69, 9.17) is 21.1 Å². The molecule has 3 aromatic carbocycles. The molecule has 0 aliphatic heterocycles. The van der Waals surface area contributed by atoms with Crippen molar-refractivity contribution < 1.29 is 18.7 Å². The predicted octanol–water partition coefficient (Wildman–Crippen LogP) is 6.29. The van der Waals surface area contributed by atoms with E-state index in [1.165, 1.54) is 37.6 Å². The van der Waals surface area contributed by atoms with Crippen molar-refractivity contribution in [1.29, 1.82) is 5.26 Å². The maximum Gasteiger partial charge on any atom is 0.343 e. The molecule has 1 N–H and O–H groups in total. The van der Waals surface area contributed by atoms with E-state index >= 15 is 0 Å². The molecule has 0 aliphatic rings. The summed E-state index contributed by atoms with van der Waals surface area (Å²) < 4.78 is 25.3. The van der Waals surface area contributed by atoms with Gasteiger partial charge in [0.1, 0.15) is 11.9 Å². The van der Waals surface area contributed by atoms with Gasteiger partial charge in [-0.25, -0.2) is 9.18 Å². The van der Waals surface area contributed by atoms with Crippen molar-refractivity contribution in [3.8, 4) is 17.6 Å². The minimum atomic E-state index is -0.577. The van der Waals surface area contributed by atoms with Crippen molar-refractivity contribution in [3.05, 3.63) is 88.8 Å². The highest BCUT2D eigenvalue weighted by atomic mass is 35.5. The highest BCUT2D eigenvalue weighted by Gasteiger charge is 2.18. The molecule has 0 atom stereocenters. The predicted molar refractivity (Wildman–Crippen MR) is 126 cm³/mol. The molecule has 166 valence electrons. The van der Waals surface area contributed by atoms with Crippen LogP contribution in [-0.2, 0) is 0 Å². The number of methoxy groups -OCH3 is 1. The van der Waals surface area contributed by atoms with E-state index in [2.05, 4.69) is 10.3 Å². The third kappa shape index (κ3) is 4.98. The maximum absolute atomic E-state index is 14.4. The number of esters is 1. The van der Waals surface area contributed by atoms with Crippen LogP contribution in [0.1, 0.15) is 15.9 Å². The third-order valence-corrected chi connectivity index (χ3v) is 4.91. The molecule has 0 aliphatic carbocycles. The van der Waals surface area contributed by atoms with Gasteiger partial charge in [0.25, 0.3) is 0 Å². The summed E-state index contributed by atoms with van der Waals surface area (Å²) in [6.07, 6.45) is 1.35. The van der Waals surface area contributed by atoms with Crippen molar-refractivity contribution in [2.75, 3.05) is 12.4 Å². The number of fused-ring (bicyclic) bond motifs is 1. The zero-order valence-corrected chi connectivity index (χ0v) is 18.7. The van der Waals surface area contributed by atoms with E-state index in [1.54, 1.807) is 36.4 Å². The number of hydrogen-bond acceptors (Lipinski definition) is 6. The van der Waals surface area contributed by atoms with Crippen molar-refractivity contribution in [2.45, 2.75) is 0 Å². The first kappa shape index (κ1) is 23.8. The smallest absolute Gasteiger partial charge is 0.343 e. The summed E-state index contributed by atoms with van der Waals surface area (Å²) in [6.45, 7) is 0. The topological polar surface area (TPSA) is 84.2 Å². The molecule has 9 heteroatoms. The average molecular weight is 484 g/mol. The second-order valence-corrected chi connectivity index (χ2v) is 7.12. The molecule has 33 heavy (non-hydrogen) atoms. The molecule has 6 nitrogen and oxygen atoms in total. The van der Waals surface area contributed by atoms with Crippen molar-refractivity contribution in [2.24, 2.45) is 0 Å². The summed E-state index contributed by atoms with van der Waals surface area (Å²) in [5.74, 6) is -0.724. The molecular formula is C24H16Cl2FN3O3. The number of carbonyl (C=O) groups excluding carboxylic acids is 1. The number of ether oxygens (including phenoxy) is 2. The number of benzene rings is 3. The number of anilines is 2.